The molecule has 0 aromatic rings. The molecule has 4 heteroatoms. The Labute approximate surface area is 90.5 Å². The van der Waals surface area contributed by atoms with Crippen molar-refractivity contribution in [3.05, 3.63) is 0 Å². The fourth-order valence-corrected chi connectivity index (χ4v) is 1.10. The van der Waals surface area contributed by atoms with Gasteiger partial charge in [0.2, 0.25) is 0 Å². The van der Waals surface area contributed by atoms with E-state index in [0.717, 1.165) is 0 Å². The Balaban J connectivity index is 3.18. The van der Waals surface area contributed by atoms with E-state index in [1.807, 2.05) is 13.8 Å². The number of carbonyl (C=O) groups excluding carboxylic acids is 1. The van der Waals surface area contributed by atoms with Gasteiger partial charge in [-0.15, -0.1) is 11.8 Å². The van der Waals surface area contributed by atoms with Crippen LogP contribution in [0.2, 0.25) is 0 Å². The number of ether oxygens (including phenoxy) is 2. The number of esters is 1. The molecule has 14 heavy (non-hydrogen) atoms. The first-order valence-corrected chi connectivity index (χ1v) is 5.95. The molecule has 3 nitrogen and oxygen atoms in total. The van der Waals surface area contributed by atoms with Gasteiger partial charge in [-0.2, -0.15) is 0 Å². The van der Waals surface area contributed by atoms with Crippen molar-refractivity contribution in [2.45, 2.75) is 32.9 Å². The molecule has 0 N–H and O–H groups in total. The van der Waals surface area contributed by atoms with E-state index in [-0.39, 0.29) is 11.9 Å². The Hall–Kier alpha value is -0.220. The second-order valence-electron chi connectivity index (χ2n) is 3.56. The summed E-state index contributed by atoms with van der Waals surface area (Å²) in [4.78, 5) is 11.0. The third kappa shape index (κ3) is 8.38. The van der Waals surface area contributed by atoms with Gasteiger partial charge in [0, 0.05) is 5.25 Å². The van der Waals surface area contributed by atoms with Crippen molar-refractivity contribution in [2.24, 2.45) is 5.92 Å². The summed E-state index contributed by atoms with van der Waals surface area (Å²) in [5.41, 5.74) is 0. The third-order valence-electron chi connectivity index (χ3n) is 1.43. The van der Waals surface area contributed by atoms with Crippen LogP contribution in [0.15, 0.2) is 0 Å². The zero-order valence-electron chi connectivity index (χ0n) is 9.41. The molecule has 0 aromatic carbocycles. The highest BCUT2D eigenvalue weighted by Crippen LogP contribution is 2.08. The molecule has 0 amide bonds. The lowest BCUT2D eigenvalue weighted by molar-refractivity contribution is -0.148. The van der Waals surface area contributed by atoms with E-state index < -0.39 is 0 Å². The Bertz CT molecular complexity index is 157. The second-order valence-corrected chi connectivity index (χ2v) is 5.08. The summed E-state index contributed by atoms with van der Waals surface area (Å²) in [7, 11) is 0. The zero-order valence-corrected chi connectivity index (χ0v) is 10.2. The van der Waals surface area contributed by atoms with E-state index in [9.17, 15) is 4.79 Å². The summed E-state index contributed by atoms with van der Waals surface area (Å²) in [6.07, 6.45) is 0. The summed E-state index contributed by atoms with van der Waals surface area (Å²) in [6, 6.07) is 0. The highest BCUT2D eigenvalue weighted by Gasteiger charge is 2.07. The molecular formula is C10H20O3S. The first-order chi connectivity index (χ1) is 6.54. The number of hydrogen-bond donors (Lipinski definition) is 0. The van der Waals surface area contributed by atoms with E-state index in [1.54, 1.807) is 11.8 Å². The van der Waals surface area contributed by atoms with E-state index in [2.05, 4.69) is 13.8 Å². The predicted molar refractivity (Wildman–Crippen MR) is 59.3 cm³/mol. The molecule has 0 bridgehead atoms. The van der Waals surface area contributed by atoms with Crippen molar-refractivity contribution in [1.29, 1.82) is 0 Å². The van der Waals surface area contributed by atoms with Crippen molar-refractivity contribution in [2.75, 3.05) is 19.2 Å². The maximum absolute atomic E-state index is 11.0. The zero-order chi connectivity index (χ0) is 11.0. The van der Waals surface area contributed by atoms with Gasteiger partial charge in [-0.3, -0.25) is 4.79 Å². The van der Waals surface area contributed by atoms with Crippen LogP contribution in [-0.4, -0.2) is 30.4 Å². The highest BCUT2D eigenvalue weighted by atomic mass is 32.2. The molecule has 0 radical (unpaired) electrons. The Morgan fingerprint density at radius 3 is 2.36 bits per heavy atom. The van der Waals surface area contributed by atoms with Gasteiger partial charge in [-0.1, -0.05) is 27.7 Å². The highest BCUT2D eigenvalue weighted by molar-refractivity contribution is 7.99. The smallest absolute Gasteiger partial charge is 0.308 e. The Morgan fingerprint density at radius 1 is 1.21 bits per heavy atom. The number of rotatable bonds is 7. The molecule has 0 heterocycles. The second kappa shape index (κ2) is 8.12. The standard InChI is InChI=1S/C10H20O3S/c1-8(2)10(11)13-6-5-12-7-14-9(3)4/h8-9H,5-7H2,1-4H3. The lowest BCUT2D eigenvalue weighted by Crippen LogP contribution is -2.15. The molecule has 0 aromatic heterocycles. The van der Waals surface area contributed by atoms with Crippen LogP contribution in [0.5, 0.6) is 0 Å². The first kappa shape index (κ1) is 13.8. The van der Waals surface area contributed by atoms with Crippen molar-refractivity contribution in [3.8, 4) is 0 Å². The summed E-state index contributed by atoms with van der Waals surface area (Å²) in [5.74, 6) is 0.446. The van der Waals surface area contributed by atoms with Gasteiger partial charge >= 0.3 is 5.97 Å². The van der Waals surface area contributed by atoms with Crippen LogP contribution in [0.4, 0.5) is 0 Å². The fraction of sp³-hybridized carbons (Fsp3) is 0.900. The number of hydrogen-bond acceptors (Lipinski definition) is 4. The Morgan fingerprint density at radius 2 is 1.86 bits per heavy atom. The first-order valence-electron chi connectivity index (χ1n) is 4.90. The number of thioether (sulfide) groups is 1. The van der Waals surface area contributed by atoms with Gasteiger partial charge in [0.15, 0.2) is 0 Å². The normalized spacial score (nSPS) is 11.0. The molecule has 84 valence electrons. The molecular weight excluding hydrogens is 200 g/mol. The topological polar surface area (TPSA) is 35.5 Å². The maximum Gasteiger partial charge on any atom is 0.308 e. The van der Waals surface area contributed by atoms with Crippen LogP contribution in [-0.2, 0) is 14.3 Å². The molecule has 0 atom stereocenters. The van der Waals surface area contributed by atoms with Crippen LogP contribution >= 0.6 is 11.8 Å². The van der Waals surface area contributed by atoms with Crippen LogP contribution in [0, 0.1) is 5.92 Å². The maximum atomic E-state index is 11.0. The van der Waals surface area contributed by atoms with E-state index >= 15 is 0 Å². The summed E-state index contributed by atoms with van der Waals surface area (Å²) >= 11 is 1.73. The van der Waals surface area contributed by atoms with Crippen molar-refractivity contribution in [3.63, 3.8) is 0 Å². The minimum Gasteiger partial charge on any atom is -0.463 e. The van der Waals surface area contributed by atoms with E-state index in [0.29, 0.717) is 24.4 Å². The molecule has 0 aliphatic rings. The third-order valence-corrected chi connectivity index (χ3v) is 2.40. The average Bonchev–Trinajstić information content (AvgIpc) is 2.09. The van der Waals surface area contributed by atoms with Gasteiger partial charge in [-0.05, 0) is 0 Å². The lowest BCUT2D eigenvalue weighted by atomic mass is 10.2. The van der Waals surface area contributed by atoms with E-state index in [4.69, 9.17) is 9.47 Å². The van der Waals surface area contributed by atoms with Gasteiger partial charge in [0.1, 0.15) is 6.61 Å². The minimum atomic E-state index is -0.162. The molecule has 0 saturated carbocycles. The molecule has 0 spiro atoms. The molecule has 0 rings (SSSR count). The molecule has 0 unspecified atom stereocenters. The quantitative estimate of drug-likeness (QED) is 0.375. The SMILES string of the molecule is CC(C)SCOCCOC(=O)C(C)C. The minimum absolute atomic E-state index is 0.0555. The average molecular weight is 220 g/mol. The number of carbonyl (C=O) groups is 1. The fourth-order valence-electron chi connectivity index (χ4n) is 0.611. The van der Waals surface area contributed by atoms with Crippen LogP contribution in [0.1, 0.15) is 27.7 Å². The largest absolute Gasteiger partial charge is 0.463 e. The predicted octanol–water partition coefficient (Wildman–Crippen LogP) is 2.30. The van der Waals surface area contributed by atoms with Crippen LogP contribution < -0.4 is 0 Å². The van der Waals surface area contributed by atoms with Gasteiger partial charge in [0.25, 0.3) is 0 Å². The summed E-state index contributed by atoms with van der Waals surface area (Å²) in [5, 5.41) is 0.577. The van der Waals surface area contributed by atoms with Crippen molar-refractivity contribution < 1.29 is 14.3 Å². The van der Waals surface area contributed by atoms with Crippen LogP contribution in [0.25, 0.3) is 0 Å². The van der Waals surface area contributed by atoms with Gasteiger partial charge in [-0.25, -0.2) is 0 Å². The van der Waals surface area contributed by atoms with Gasteiger partial charge < -0.3 is 9.47 Å². The van der Waals surface area contributed by atoms with Crippen molar-refractivity contribution in [1.82, 2.24) is 0 Å². The lowest BCUT2D eigenvalue weighted by Gasteiger charge is -2.08. The monoisotopic (exact) mass is 220 g/mol. The van der Waals surface area contributed by atoms with Crippen molar-refractivity contribution >= 4 is 17.7 Å². The van der Waals surface area contributed by atoms with E-state index in [1.165, 1.54) is 0 Å². The summed E-state index contributed by atoms with van der Waals surface area (Å²) < 4.78 is 10.2. The molecule has 0 fully saturated rings. The Kier molecular flexibility index (Phi) is 7.99. The molecule has 0 aliphatic heterocycles. The molecule has 0 aliphatic carbocycles. The molecule has 0 saturated heterocycles. The van der Waals surface area contributed by atoms with Gasteiger partial charge in [0.05, 0.1) is 18.5 Å². The summed E-state index contributed by atoms with van der Waals surface area (Å²) in [6.45, 7) is 8.71. The van der Waals surface area contributed by atoms with Crippen LogP contribution in [0.3, 0.4) is 0 Å².